The molecule has 0 bridgehead atoms. The van der Waals surface area contributed by atoms with E-state index in [0.29, 0.717) is 4.47 Å². The summed E-state index contributed by atoms with van der Waals surface area (Å²) in [6.45, 7) is -0.168. The van der Waals surface area contributed by atoms with Crippen molar-refractivity contribution < 1.29 is 18.7 Å². The molecule has 1 N–H and O–H groups in total. The molecule has 1 aliphatic carbocycles. The van der Waals surface area contributed by atoms with E-state index in [1.54, 1.807) is 0 Å². The first-order valence-electron chi connectivity index (χ1n) is 7.14. The van der Waals surface area contributed by atoms with Crippen molar-refractivity contribution in [2.45, 2.75) is 24.4 Å². The third-order valence-electron chi connectivity index (χ3n) is 4.03. The Hall–Kier alpha value is -2.16. The summed E-state index contributed by atoms with van der Waals surface area (Å²) < 4.78 is 28.3. The number of carbonyl (C=O) groups is 1. The largest absolute Gasteiger partial charge is 0.465 e. The predicted octanol–water partition coefficient (Wildman–Crippen LogP) is 3.33. The Morgan fingerprint density at radius 3 is 2.58 bits per heavy atom. The maximum atomic E-state index is 14.2. The van der Waals surface area contributed by atoms with Crippen LogP contribution in [0.2, 0.25) is 0 Å². The highest BCUT2D eigenvalue weighted by molar-refractivity contribution is 9.10. The first-order chi connectivity index (χ1) is 11.4. The molecule has 126 valence electrons. The van der Waals surface area contributed by atoms with Crippen LogP contribution in [0.15, 0.2) is 35.2 Å². The molecule has 1 fully saturated rings. The van der Waals surface area contributed by atoms with E-state index < -0.39 is 23.5 Å². The minimum absolute atomic E-state index is 0.00123. The van der Waals surface area contributed by atoms with E-state index in [-0.39, 0.29) is 31.0 Å². The van der Waals surface area contributed by atoms with E-state index in [9.17, 15) is 18.7 Å². The number of amides is 1. The van der Waals surface area contributed by atoms with Crippen LogP contribution in [0.1, 0.15) is 18.5 Å². The van der Waals surface area contributed by atoms with Crippen molar-refractivity contribution in [3.05, 3.63) is 46.7 Å². The number of hydrogen-bond acceptors (Lipinski definition) is 4. The third kappa shape index (κ3) is 3.08. The molecule has 0 spiro atoms. The summed E-state index contributed by atoms with van der Waals surface area (Å²) >= 11 is 3.17. The van der Waals surface area contributed by atoms with Crippen LogP contribution in [0.25, 0.3) is 0 Å². The van der Waals surface area contributed by atoms with Gasteiger partial charge in [-0.05, 0) is 40.9 Å². The number of aromatic nitrogens is 3. The van der Waals surface area contributed by atoms with Gasteiger partial charge in [0.25, 0.3) is 0 Å². The molecule has 9 heteroatoms. The average molecular weight is 399 g/mol. The van der Waals surface area contributed by atoms with Gasteiger partial charge in [0, 0.05) is 30.6 Å². The van der Waals surface area contributed by atoms with Gasteiger partial charge in [-0.25, -0.2) is 28.4 Å². The normalized spacial score (nSPS) is 22.7. The summed E-state index contributed by atoms with van der Waals surface area (Å²) in [4.78, 5) is 24.5. The molecular weight excluding hydrogens is 386 g/mol. The fourth-order valence-electron chi connectivity index (χ4n) is 2.93. The Kier molecular flexibility index (Phi) is 4.44. The Labute approximate surface area is 144 Å². The maximum absolute atomic E-state index is 14.2. The van der Waals surface area contributed by atoms with Crippen LogP contribution in [0.3, 0.4) is 0 Å². The molecule has 0 saturated heterocycles. The number of nitrogens with zero attached hydrogens (tertiary/aromatic N) is 4. The average Bonchev–Trinajstić information content (AvgIpc) is 2.51. The highest BCUT2D eigenvalue weighted by atomic mass is 79.9. The van der Waals surface area contributed by atoms with Crippen molar-refractivity contribution in [1.29, 1.82) is 0 Å². The van der Waals surface area contributed by atoms with Gasteiger partial charge in [-0.1, -0.05) is 0 Å². The molecular formula is C15H13BrF2N4O2. The summed E-state index contributed by atoms with van der Waals surface area (Å²) in [5.74, 6) is -0.629. The van der Waals surface area contributed by atoms with E-state index in [0.717, 1.165) is 4.90 Å². The lowest BCUT2D eigenvalue weighted by molar-refractivity contribution is 0.0900. The first kappa shape index (κ1) is 16.7. The summed E-state index contributed by atoms with van der Waals surface area (Å²) in [7, 11) is 0. The summed E-state index contributed by atoms with van der Waals surface area (Å²) in [6, 6.07) is 2.67. The standard InChI is InChI=1S/C15H13BrF2N4O2/c16-9-6-20-13(21-7-9)22(14(23)24)8-15(4-10(17)5-15)12-11(18)2-1-3-19-12/h1-3,6-7,10H,4-5,8H2,(H,23,24)/t10-,15+. The van der Waals surface area contributed by atoms with E-state index in [4.69, 9.17) is 0 Å². The van der Waals surface area contributed by atoms with E-state index in [1.165, 1.54) is 30.7 Å². The topological polar surface area (TPSA) is 79.2 Å². The summed E-state index contributed by atoms with van der Waals surface area (Å²) in [5, 5.41) is 9.49. The second kappa shape index (κ2) is 6.39. The molecule has 2 heterocycles. The summed E-state index contributed by atoms with van der Waals surface area (Å²) in [5.41, 5.74) is -0.957. The van der Waals surface area contributed by atoms with Gasteiger partial charge in [-0.15, -0.1) is 0 Å². The zero-order chi connectivity index (χ0) is 17.3. The number of anilines is 1. The predicted molar refractivity (Wildman–Crippen MR) is 85.1 cm³/mol. The zero-order valence-corrected chi connectivity index (χ0v) is 13.9. The quantitative estimate of drug-likeness (QED) is 0.854. The van der Waals surface area contributed by atoms with Crippen LogP contribution in [-0.4, -0.2) is 38.9 Å². The fraction of sp³-hybridized carbons (Fsp3) is 0.333. The fourth-order valence-corrected chi connectivity index (χ4v) is 3.14. The minimum atomic E-state index is -1.30. The van der Waals surface area contributed by atoms with Crippen molar-refractivity contribution in [1.82, 2.24) is 15.0 Å². The van der Waals surface area contributed by atoms with Crippen LogP contribution < -0.4 is 4.90 Å². The number of halogens is 3. The molecule has 0 aromatic carbocycles. The molecule has 0 unspecified atom stereocenters. The Balaban J connectivity index is 1.96. The Morgan fingerprint density at radius 1 is 1.38 bits per heavy atom. The molecule has 1 amide bonds. The zero-order valence-electron chi connectivity index (χ0n) is 12.4. The summed E-state index contributed by atoms with van der Waals surface area (Å²) in [6.07, 6.45) is 1.81. The van der Waals surface area contributed by atoms with E-state index in [2.05, 4.69) is 30.9 Å². The molecule has 6 nitrogen and oxygen atoms in total. The highest BCUT2D eigenvalue weighted by Crippen LogP contribution is 2.46. The second-order valence-corrected chi connectivity index (χ2v) is 6.61. The molecule has 1 saturated carbocycles. The van der Waals surface area contributed by atoms with Crippen LogP contribution in [0.5, 0.6) is 0 Å². The van der Waals surface area contributed by atoms with Crippen LogP contribution in [0.4, 0.5) is 19.5 Å². The number of pyridine rings is 1. The van der Waals surface area contributed by atoms with Gasteiger partial charge in [-0.2, -0.15) is 0 Å². The SMILES string of the molecule is O=C(O)N(C[C@]1(c2ncccc2F)C[C@@H](F)C1)c1ncc(Br)cn1. The van der Waals surface area contributed by atoms with Gasteiger partial charge in [0.05, 0.1) is 10.2 Å². The Morgan fingerprint density at radius 2 is 2.04 bits per heavy atom. The van der Waals surface area contributed by atoms with Gasteiger partial charge >= 0.3 is 6.09 Å². The molecule has 2 aromatic heterocycles. The molecule has 0 radical (unpaired) electrons. The van der Waals surface area contributed by atoms with E-state index >= 15 is 0 Å². The Bertz CT molecular complexity index is 753. The molecule has 0 atom stereocenters. The monoisotopic (exact) mass is 398 g/mol. The molecule has 1 aliphatic rings. The lowest BCUT2D eigenvalue weighted by atomic mass is 9.64. The smallest absolute Gasteiger partial charge is 0.414 e. The second-order valence-electron chi connectivity index (χ2n) is 5.69. The van der Waals surface area contributed by atoms with Gasteiger partial charge in [0.1, 0.15) is 12.0 Å². The maximum Gasteiger partial charge on any atom is 0.414 e. The number of alkyl halides is 1. The molecule has 24 heavy (non-hydrogen) atoms. The van der Waals surface area contributed by atoms with Crippen LogP contribution in [-0.2, 0) is 5.41 Å². The lowest BCUT2D eigenvalue weighted by Gasteiger charge is -2.45. The van der Waals surface area contributed by atoms with Crippen molar-refractivity contribution in [3.63, 3.8) is 0 Å². The van der Waals surface area contributed by atoms with Gasteiger partial charge in [-0.3, -0.25) is 4.98 Å². The molecule has 3 rings (SSSR count). The van der Waals surface area contributed by atoms with E-state index in [1.807, 2.05) is 0 Å². The molecule has 0 aliphatic heterocycles. The van der Waals surface area contributed by atoms with Crippen molar-refractivity contribution in [3.8, 4) is 0 Å². The highest BCUT2D eigenvalue weighted by Gasteiger charge is 2.50. The van der Waals surface area contributed by atoms with Crippen molar-refractivity contribution in [2.75, 3.05) is 11.4 Å². The van der Waals surface area contributed by atoms with Gasteiger partial charge in [0.15, 0.2) is 0 Å². The number of rotatable bonds is 4. The first-order valence-corrected chi connectivity index (χ1v) is 7.94. The minimum Gasteiger partial charge on any atom is -0.465 e. The van der Waals surface area contributed by atoms with Gasteiger partial charge < -0.3 is 5.11 Å². The van der Waals surface area contributed by atoms with Crippen molar-refractivity contribution >= 4 is 28.0 Å². The van der Waals surface area contributed by atoms with Crippen LogP contribution >= 0.6 is 15.9 Å². The van der Waals surface area contributed by atoms with Crippen LogP contribution in [0, 0.1) is 5.82 Å². The molecule has 2 aromatic rings. The third-order valence-corrected chi connectivity index (χ3v) is 4.43. The number of carboxylic acid groups (broad SMARTS) is 1. The van der Waals surface area contributed by atoms with Gasteiger partial charge in [0.2, 0.25) is 5.95 Å². The van der Waals surface area contributed by atoms with Crippen molar-refractivity contribution in [2.24, 2.45) is 0 Å². The lowest BCUT2D eigenvalue weighted by Crippen LogP contribution is -2.53. The number of hydrogen-bond donors (Lipinski definition) is 1.